The molecule has 102 valence electrons. The van der Waals surface area contributed by atoms with Gasteiger partial charge in [0.05, 0.1) is 6.61 Å². The van der Waals surface area contributed by atoms with Crippen LogP contribution in [0.5, 0.6) is 5.88 Å². The van der Waals surface area contributed by atoms with Crippen LogP contribution in [0.1, 0.15) is 19.4 Å². The van der Waals surface area contributed by atoms with Crippen molar-refractivity contribution in [1.29, 1.82) is 0 Å². The number of pyridine rings is 1. The number of hydrogen-bond donors (Lipinski definition) is 3. The molecule has 0 bridgehead atoms. The number of aliphatic hydroxyl groups is 2. The molecule has 1 heterocycles. The second-order valence-corrected chi connectivity index (χ2v) is 4.72. The van der Waals surface area contributed by atoms with E-state index in [1.165, 1.54) is 6.20 Å². The van der Waals surface area contributed by atoms with Gasteiger partial charge in [0.2, 0.25) is 5.88 Å². The first kappa shape index (κ1) is 15.2. The molecule has 1 aromatic rings. The van der Waals surface area contributed by atoms with Gasteiger partial charge in [-0.3, -0.25) is 0 Å². The van der Waals surface area contributed by atoms with Crippen LogP contribution in [0.15, 0.2) is 12.3 Å². The first-order valence-corrected chi connectivity index (χ1v) is 6.20. The van der Waals surface area contributed by atoms with E-state index in [9.17, 15) is 5.11 Å². The van der Waals surface area contributed by atoms with E-state index in [-0.39, 0.29) is 19.1 Å². The molecule has 0 aliphatic rings. The monoisotopic (exact) mass is 274 g/mol. The van der Waals surface area contributed by atoms with Crippen molar-refractivity contribution in [2.75, 3.05) is 13.2 Å². The maximum atomic E-state index is 9.65. The molecule has 1 aromatic heterocycles. The molecule has 0 aliphatic carbocycles. The Balaban J connectivity index is 2.43. The molecule has 1 atom stereocenters. The predicted molar refractivity (Wildman–Crippen MR) is 69.8 cm³/mol. The van der Waals surface area contributed by atoms with E-state index in [2.05, 4.69) is 10.3 Å². The van der Waals surface area contributed by atoms with Crippen LogP contribution in [0.25, 0.3) is 0 Å². The minimum atomic E-state index is -0.622. The van der Waals surface area contributed by atoms with Crippen molar-refractivity contribution < 1.29 is 14.9 Å². The summed E-state index contributed by atoms with van der Waals surface area (Å²) in [6, 6.07) is 1.90. The number of nitrogens with zero attached hydrogens (tertiary/aromatic N) is 1. The fraction of sp³-hybridized carbons (Fsp3) is 0.583. The number of halogens is 1. The maximum Gasteiger partial charge on any atom is 0.232 e. The zero-order chi connectivity index (χ0) is 13.5. The molecule has 0 aromatic carbocycles. The Morgan fingerprint density at radius 1 is 1.50 bits per heavy atom. The first-order valence-electron chi connectivity index (χ1n) is 5.82. The van der Waals surface area contributed by atoms with Gasteiger partial charge in [0, 0.05) is 18.8 Å². The van der Waals surface area contributed by atoms with Gasteiger partial charge < -0.3 is 20.3 Å². The Bertz CT molecular complexity index is 374. The van der Waals surface area contributed by atoms with Crippen molar-refractivity contribution in [3.05, 3.63) is 22.8 Å². The van der Waals surface area contributed by atoms with Gasteiger partial charge in [-0.15, -0.1) is 0 Å². The molecule has 0 aliphatic heterocycles. The Kier molecular flexibility index (Phi) is 6.35. The molecule has 6 heteroatoms. The molecule has 0 saturated carbocycles. The summed E-state index contributed by atoms with van der Waals surface area (Å²) in [7, 11) is 0. The van der Waals surface area contributed by atoms with Crippen LogP contribution in [-0.2, 0) is 6.61 Å². The molecular weight excluding hydrogens is 256 g/mol. The highest BCUT2D eigenvalue weighted by Gasteiger charge is 2.09. The van der Waals surface area contributed by atoms with E-state index >= 15 is 0 Å². The summed E-state index contributed by atoms with van der Waals surface area (Å²) in [6.07, 6.45) is 0.864. The van der Waals surface area contributed by atoms with Crippen molar-refractivity contribution in [3.8, 4) is 5.88 Å². The third-order valence-electron chi connectivity index (χ3n) is 2.22. The lowest BCUT2D eigenvalue weighted by Crippen LogP contribution is -2.35. The normalized spacial score (nSPS) is 12.8. The molecule has 0 saturated heterocycles. The fourth-order valence-electron chi connectivity index (χ4n) is 1.26. The number of ether oxygens (including phenoxy) is 1. The van der Waals surface area contributed by atoms with E-state index in [0.717, 1.165) is 0 Å². The lowest BCUT2D eigenvalue weighted by molar-refractivity contribution is 0.102. The quantitative estimate of drug-likeness (QED) is 0.691. The second kappa shape index (κ2) is 7.53. The van der Waals surface area contributed by atoms with E-state index in [1.54, 1.807) is 6.07 Å². The van der Waals surface area contributed by atoms with Gasteiger partial charge in [-0.25, -0.2) is 4.98 Å². The van der Waals surface area contributed by atoms with Crippen molar-refractivity contribution in [3.63, 3.8) is 0 Å². The highest BCUT2D eigenvalue weighted by atomic mass is 35.5. The van der Waals surface area contributed by atoms with Gasteiger partial charge in [-0.1, -0.05) is 25.4 Å². The van der Waals surface area contributed by atoms with Crippen LogP contribution in [0.3, 0.4) is 0 Å². The summed E-state index contributed by atoms with van der Waals surface area (Å²) in [5.41, 5.74) is 0.620. The van der Waals surface area contributed by atoms with Gasteiger partial charge in [0.1, 0.15) is 17.7 Å². The summed E-state index contributed by atoms with van der Waals surface area (Å²) < 4.78 is 5.32. The van der Waals surface area contributed by atoms with Crippen LogP contribution < -0.4 is 10.1 Å². The summed E-state index contributed by atoms with van der Waals surface area (Å²) >= 11 is 5.92. The standard InChI is InChI=1S/C12H19ClN2O3/c1-8(2)14-5-10(17)7-18-12-11(13)3-9(6-16)4-15-12/h3-4,8,10,14,16-17H,5-7H2,1-2H3. The highest BCUT2D eigenvalue weighted by molar-refractivity contribution is 6.31. The van der Waals surface area contributed by atoms with Gasteiger partial charge in [-0.05, 0) is 11.6 Å². The smallest absolute Gasteiger partial charge is 0.232 e. The number of nitrogens with one attached hydrogen (secondary N) is 1. The van der Waals surface area contributed by atoms with Crippen LogP contribution in [0.4, 0.5) is 0 Å². The number of rotatable bonds is 7. The van der Waals surface area contributed by atoms with Gasteiger partial charge in [-0.2, -0.15) is 0 Å². The summed E-state index contributed by atoms with van der Waals surface area (Å²) in [5, 5.41) is 22.0. The van der Waals surface area contributed by atoms with Crippen molar-refractivity contribution in [1.82, 2.24) is 10.3 Å². The first-order chi connectivity index (χ1) is 8.52. The van der Waals surface area contributed by atoms with Crippen molar-refractivity contribution in [2.45, 2.75) is 32.6 Å². The summed E-state index contributed by atoms with van der Waals surface area (Å²) in [4.78, 5) is 3.97. The van der Waals surface area contributed by atoms with Crippen LogP contribution in [-0.4, -0.2) is 40.5 Å². The number of aromatic nitrogens is 1. The SMILES string of the molecule is CC(C)NCC(O)COc1ncc(CO)cc1Cl. The van der Waals surface area contributed by atoms with Crippen LogP contribution in [0, 0.1) is 0 Å². The Labute approximate surface area is 112 Å². The predicted octanol–water partition coefficient (Wildman–Crippen LogP) is 0.965. The minimum Gasteiger partial charge on any atom is -0.474 e. The van der Waals surface area contributed by atoms with E-state index < -0.39 is 6.10 Å². The second-order valence-electron chi connectivity index (χ2n) is 4.32. The molecule has 0 spiro atoms. The zero-order valence-corrected chi connectivity index (χ0v) is 11.3. The Morgan fingerprint density at radius 2 is 2.22 bits per heavy atom. The molecule has 0 amide bonds. The Hall–Kier alpha value is -0.880. The third-order valence-corrected chi connectivity index (χ3v) is 2.49. The van der Waals surface area contributed by atoms with Crippen LogP contribution in [0.2, 0.25) is 5.02 Å². The molecule has 1 rings (SSSR count). The topological polar surface area (TPSA) is 74.6 Å². The van der Waals surface area contributed by atoms with E-state index in [4.69, 9.17) is 21.4 Å². The molecule has 1 unspecified atom stereocenters. The Morgan fingerprint density at radius 3 is 2.78 bits per heavy atom. The van der Waals surface area contributed by atoms with Gasteiger partial charge in [0.15, 0.2) is 0 Å². The minimum absolute atomic E-state index is 0.116. The third kappa shape index (κ3) is 5.18. The molecule has 5 nitrogen and oxygen atoms in total. The number of hydrogen-bond acceptors (Lipinski definition) is 5. The molecule has 0 radical (unpaired) electrons. The van der Waals surface area contributed by atoms with E-state index in [1.807, 2.05) is 13.8 Å². The lowest BCUT2D eigenvalue weighted by Gasteiger charge is -2.15. The average molecular weight is 275 g/mol. The largest absolute Gasteiger partial charge is 0.474 e. The zero-order valence-electron chi connectivity index (χ0n) is 10.6. The van der Waals surface area contributed by atoms with Crippen molar-refractivity contribution in [2.24, 2.45) is 0 Å². The molecule has 18 heavy (non-hydrogen) atoms. The highest BCUT2D eigenvalue weighted by Crippen LogP contribution is 2.22. The fourth-order valence-corrected chi connectivity index (χ4v) is 1.51. The number of aliphatic hydroxyl groups excluding tert-OH is 2. The molecule has 3 N–H and O–H groups in total. The van der Waals surface area contributed by atoms with E-state index in [0.29, 0.717) is 23.2 Å². The molecule has 0 fully saturated rings. The van der Waals surface area contributed by atoms with Crippen LogP contribution >= 0.6 is 11.6 Å². The average Bonchev–Trinajstić information content (AvgIpc) is 2.34. The summed E-state index contributed by atoms with van der Waals surface area (Å²) in [6.45, 7) is 4.45. The lowest BCUT2D eigenvalue weighted by atomic mass is 10.3. The van der Waals surface area contributed by atoms with Gasteiger partial charge in [0.25, 0.3) is 0 Å². The maximum absolute atomic E-state index is 9.65. The molecular formula is C12H19ClN2O3. The van der Waals surface area contributed by atoms with Gasteiger partial charge >= 0.3 is 0 Å². The summed E-state index contributed by atoms with van der Waals surface area (Å²) in [5.74, 6) is 0.262. The van der Waals surface area contributed by atoms with Crippen molar-refractivity contribution >= 4 is 11.6 Å².